The van der Waals surface area contributed by atoms with Crippen molar-refractivity contribution in [2.45, 2.75) is 64.3 Å². The maximum absolute atomic E-state index is 11.8. The second-order valence-electron chi connectivity index (χ2n) is 5.44. The van der Waals surface area contributed by atoms with E-state index in [1.807, 2.05) is 6.92 Å². The van der Waals surface area contributed by atoms with Crippen LogP contribution < -0.4 is 5.32 Å². The molecule has 0 saturated heterocycles. The number of allylic oxidation sites excluding steroid dienone is 2. The first-order chi connectivity index (χ1) is 8.15. The van der Waals surface area contributed by atoms with Crippen LogP contribution in [0.4, 0.5) is 0 Å². The van der Waals surface area contributed by atoms with Crippen molar-refractivity contribution in [2.75, 3.05) is 0 Å². The third kappa shape index (κ3) is 2.62. The van der Waals surface area contributed by atoms with Crippen molar-refractivity contribution in [2.24, 2.45) is 0 Å². The molecule has 2 heteroatoms. The zero-order valence-corrected chi connectivity index (χ0v) is 11.0. The fourth-order valence-corrected chi connectivity index (χ4v) is 3.06. The van der Waals surface area contributed by atoms with Gasteiger partial charge in [-0.25, -0.2) is 0 Å². The van der Waals surface area contributed by atoms with Gasteiger partial charge in [0.15, 0.2) is 0 Å². The molecule has 2 rings (SSSR count). The molecule has 0 spiro atoms. The van der Waals surface area contributed by atoms with Gasteiger partial charge in [-0.2, -0.15) is 0 Å². The van der Waals surface area contributed by atoms with Crippen molar-refractivity contribution >= 4 is 5.91 Å². The summed E-state index contributed by atoms with van der Waals surface area (Å²) in [6, 6.07) is 0. The number of nitrogens with one attached hydrogen (secondary N) is 1. The third-order valence-corrected chi connectivity index (χ3v) is 3.92. The molecule has 1 N–H and O–H groups in total. The van der Waals surface area contributed by atoms with Crippen LogP contribution in [0.3, 0.4) is 0 Å². The van der Waals surface area contributed by atoms with Gasteiger partial charge in [0.05, 0.1) is 5.54 Å². The van der Waals surface area contributed by atoms with Gasteiger partial charge in [-0.1, -0.05) is 24.6 Å². The van der Waals surface area contributed by atoms with E-state index in [-0.39, 0.29) is 11.4 Å². The van der Waals surface area contributed by atoms with Gasteiger partial charge in [0.25, 0.3) is 0 Å². The van der Waals surface area contributed by atoms with Crippen LogP contribution in [0.5, 0.6) is 0 Å². The maximum atomic E-state index is 11.8. The highest BCUT2D eigenvalue weighted by molar-refractivity contribution is 5.77. The molecule has 0 saturated carbocycles. The van der Waals surface area contributed by atoms with E-state index in [4.69, 9.17) is 0 Å². The van der Waals surface area contributed by atoms with Crippen LogP contribution in [-0.4, -0.2) is 11.4 Å². The summed E-state index contributed by atoms with van der Waals surface area (Å²) < 4.78 is 0. The number of amides is 1. The van der Waals surface area contributed by atoms with E-state index < -0.39 is 0 Å². The summed E-state index contributed by atoms with van der Waals surface area (Å²) in [4.78, 5) is 11.8. The predicted octanol–water partition coefficient (Wildman–Crippen LogP) is 3.49. The highest BCUT2D eigenvalue weighted by Gasteiger charge is 2.34. The molecular weight excluding hydrogens is 210 g/mol. The summed E-state index contributed by atoms with van der Waals surface area (Å²) in [5.41, 5.74) is 2.84. The summed E-state index contributed by atoms with van der Waals surface area (Å²) in [7, 11) is 0. The highest BCUT2D eigenvalue weighted by Crippen LogP contribution is 2.38. The molecule has 94 valence electrons. The van der Waals surface area contributed by atoms with E-state index >= 15 is 0 Å². The van der Waals surface area contributed by atoms with Gasteiger partial charge >= 0.3 is 0 Å². The monoisotopic (exact) mass is 233 g/mol. The molecule has 0 aromatic carbocycles. The number of hydrogen-bond acceptors (Lipinski definition) is 1. The number of carbonyl (C=O) groups is 1. The summed E-state index contributed by atoms with van der Waals surface area (Å²) in [5, 5.41) is 3.25. The molecule has 2 nitrogen and oxygen atoms in total. The van der Waals surface area contributed by atoms with Crippen molar-refractivity contribution in [1.82, 2.24) is 5.32 Å². The Bertz CT molecular complexity index is 367. The molecule has 1 atom stereocenters. The molecule has 0 fully saturated rings. The highest BCUT2D eigenvalue weighted by atomic mass is 16.1. The van der Waals surface area contributed by atoms with Gasteiger partial charge in [-0.3, -0.25) is 4.79 Å². The van der Waals surface area contributed by atoms with Crippen LogP contribution in [0.1, 0.15) is 58.8 Å². The second kappa shape index (κ2) is 5.07. The molecule has 0 bridgehead atoms. The molecule has 2 aliphatic rings. The second-order valence-corrected chi connectivity index (χ2v) is 5.44. The minimum atomic E-state index is -0.114. The van der Waals surface area contributed by atoms with Gasteiger partial charge in [-0.15, -0.1) is 0 Å². The SMILES string of the molecule is CCCC(=O)NC1(C)CCCC2=C1C=CCC2. The molecule has 1 amide bonds. The number of carbonyl (C=O) groups excluding carboxylic acids is 1. The lowest BCUT2D eigenvalue weighted by Gasteiger charge is -2.39. The van der Waals surface area contributed by atoms with Crippen molar-refractivity contribution in [3.63, 3.8) is 0 Å². The minimum absolute atomic E-state index is 0.114. The van der Waals surface area contributed by atoms with E-state index in [1.54, 1.807) is 5.57 Å². The Labute approximate surface area is 104 Å². The quantitative estimate of drug-likeness (QED) is 0.794. The smallest absolute Gasteiger partial charge is 0.220 e. The van der Waals surface area contributed by atoms with Crippen LogP contribution >= 0.6 is 0 Å². The Kier molecular flexibility index (Phi) is 3.70. The number of rotatable bonds is 3. The standard InChI is InChI=1S/C15H23NO/c1-3-7-14(17)16-15(2)11-6-9-12-8-4-5-10-13(12)15/h5,10H,3-4,6-9,11H2,1-2H3,(H,16,17). The lowest BCUT2D eigenvalue weighted by molar-refractivity contribution is -0.122. The Morgan fingerprint density at radius 3 is 3.06 bits per heavy atom. The Balaban J connectivity index is 2.17. The Hall–Kier alpha value is -1.05. The third-order valence-electron chi connectivity index (χ3n) is 3.92. The molecule has 0 radical (unpaired) electrons. The lowest BCUT2D eigenvalue weighted by Crippen LogP contribution is -2.49. The molecule has 2 aliphatic carbocycles. The van der Waals surface area contributed by atoms with Gasteiger partial charge < -0.3 is 5.32 Å². The number of hydrogen-bond donors (Lipinski definition) is 1. The fraction of sp³-hybridized carbons (Fsp3) is 0.667. The first-order valence-corrected chi connectivity index (χ1v) is 6.86. The molecule has 0 aromatic heterocycles. The van der Waals surface area contributed by atoms with Crippen LogP contribution in [0, 0.1) is 0 Å². The zero-order chi connectivity index (χ0) is 12.3. The van der Waals surface area contributed by atoms with Gasteiger partial charge in [0.1, 0.15) is 0 Å². The van der Waals surface area contributed by atoms with E-state index in [9.17, 15) is 4.79 Å². The average molecular weight is 233 g/mol. The van der Waals surface area contributed by atoms with Crippen LogP contribution in [-0.2, 0) is 4.79 Å². The zero-order valence-electron chi connectivity index (χ0n) is 11.0. The van der Waals surface area contributed by atoms with E-state index in [0.29, 0.717) is 6.42 Å². The summed E-state index contributed by atoms with van der Waals surface area (Å²) in [5.74, 6) is 0.197. The Morgan fingerprint density at radius 1 is 1.47 bits per heavy atom. The molecule has 0 heterocycles. The first-order valence-electron chi connectivity index (χ1n) is 6.86. The largest absolute Gasteiger partial charge is 0.347 e. The van der Waals surface area contributed by atoms with Crippen molar-refractivity contribution < 1.29 is 4.79 Å². The minimum Gasteiger partial charge on any atom is -0.347 e. The summed E-state index contributed by atoms with van der Waals surface area (Å²) >= 11 is 0. The van der Waals surface area contributed by atoms with E-state index in [0.717, 1.165) is 19.3 Å². The summed E-state index contributed by atoms with van der Waals surface area (Å²) in [6.07, 6.45) is 11.9. The Morgan fingerprint density at radius 2 is 2.29 bits per heavy atom. The maximum Gasteiger partial charge on any atom is 0.220 e. The van der Waals surface area contributed by atoms with Gasteiger partial charge in [0, 0.05) is 6.42 Å². The van der Waals surface area contributed by atoms with Crippen LogP contribution in [0.15, 0.2) is 23.3 Å². The molecule has 1 unspecified atom stereocenters. The van der Waals surface area contributed by atoms with E-state index in [1.165, 1.54) is 24.8 Å². The van der Waals surface area contributed by atoms with Crippen LogP contribution in [0.2, 0.25) is 0 Å². The summed E-state index contributed by atoms with van der Waals surface area (Å²) in [6.45, 7) is 4.23. The predicted molar refractivity (Wildman–Crippen MR) is 70.7 cm³/mol. The van der Waals surface area contributed by atoms with Crippen LogP contribution in [0.25, 0.3) is 0 Å². The molecule has 0 aliphatic heterocycles. The lowest BCUT2D eigenvalue weighted by atomic mass is 9.74. The van der Waals surface area contributed by atoms with Crippen molar-refractivity contribution in [3.05, 3.63) is 23.3 Å². The average Bonchev–Trinajstić information content (AvgIpc) is 2.29. The van der Waals surface area contributed by atoms with E-state index in [2.05, 4.69) is 24.4 Å². The fourth-order valence-electron chi connectivity index (χ4n) is 3.06. The van der Waals surface area contributed by atoms with Gasteiger partial charge in [-0.05, 0) is 51.0 Å². The topological polar surface area (TPSA) is 29.1 Å². The normalized spacial score (nSPS) is 27.9. The molecular formula is C15H23NO. The van der Waals surface area contributed by atoms with Crippen molar-refractivity contribution in [3.8, 4) is 0 Å². The molecule has 0 aromatic rings. The first kappa shape index (κ1) is 12.4. The van der Waals surface area contributed by atoms with Gasteiger partial charge in [0.2, 0.25) is 5.91 Å². The van der Waals surface area contributed by atoms with Crippen molar-refractivity contribution in [1.29, 1.82) is 0 Å². The molecule has 17 heavy (non-hydrogen) atoms.